The molecule has 0 spiro atoms. The number of hydrogen-bond donors (Lipinski definition) is 9. The van der Waals surface area contributed by atoms with Crippen LogP contribution >= 0.6 is 23.5 Å². The van der Waals surface area contributed by atoms with Gasteiger partial charge in [0.25, 0.3) is 5.56 Å². The summed E-state index contributed by atoms with van der Waals surface area (Å²) in [5.41, 5.74) is 4.56. The molecule has 10 N–H and O–H groups in total. The third kappa shape index (κ3) is 7.85. The molecule has 0 fully saturated rings. The zero-order chi connectivity index (χ0) is 19.6. The molecule has 0 saturated carbocycles. The minimum Gasteiger partial charge on any atom is -0.369 e. The second kappa shape index (κ2) is 7.31. The monoisotopic (exact) mass is 425 g/mol. The Labute approximate surface area is 134 Å². The maximum atomic E-state index is 11.0. The molecule has 2 rings (SSSR count). The van der Waals surface area contributed by atoms with Crippen molar-refractivity contribution in [3.63, 3.8) is 0 Å². The highest BCUT2D eigenvalue weighted by molar-refractivity contribution is 7.66. The highest BCUT2D eigenvalue weighted by Gasteiger charge is 2.38. The Morgan fingerprint density at radius 1 is 0.880 bits per heavy atom. The number of rotatable bonds is 4. The molecule has 0 unspecified atom stereocenters. The minimum atomic E-state index is -5.46. The van der Waals surface area contributed by atoms with Crippen molar-refractivity contribution >= 4 is 40.6 Å². The van der Waals surface area contributed by atoms with Crippen LogP contribution in [-0.2, 0) is 22.3 Å². The van der Waals surface area contributed by atoms with Crippen molar-refractivity contribution in [1.82, 2.24) is 19.9 Å². The van der Waals surface area contributed by atoms with Gasteiger partial charge in [-0.2, -0.15) is 13.6 Å². The molecule has 2 heterocycles. The van der Waals surface area contributed by atoms with Gasteiger partial charge in [-0.15, -0.1) is 0 Å². The molecule has 2 aromatic heterocycles. The number of nitrogens with two attached hydrogens (primary N) is 1. The van der Waals surface area contributed by atoms with Crippen LogP contribution in [0, 0.1) is 0 Å². The van der Waals surface area contributed by atoms with Crippen molar-refractivity contribution in [3.8, 4) is 0 Å². The molecule has 0 bridgehead atoms. The number of imidazole rings is 1. The van der Waals surface area contributed by atoms with Gasteiger partial charge in [0.1, 0.15) is 0 Å². The van der Waals surface area contributed by atoms with E-state index in [4.69, 9.17) is 30.2 Å². The van der Waals surface area contributed by atoms with Crippen molar-refractivity contribution in [2.45, 2.75) is 0 Å². The molecule has 2 aromatic rings. The standard InChI is InChI=1S/C5H5N5O2.H5O10P3/c6-4-8-2-1(3(11)10-4)7-5(12)9-2;1-11(2,3)9-13(7,8)10-12(4,5)6/h(H5,6,7,8,9,10,11,12);(H,7,8)(H2,1,2,3)(H2,4,5,6). The highest BCUT2D eigenvalue weighted by atomic mass is 31.3. The molecule has 0 aliphatic carbocycles. The molecular weight excluding hydrogens is 415 g/mol. The number of aromatic nitrogens is 4. The van der Waals surface area contributed by atoms with Gasteiger partial charge in [0.05, 0.1) is 0 Å². The normalized spacial score (nSPS) is 12.7. The van der Waals surface area contributed by atoms with Crippen LogP contribution in [0.4, 0.5) is 5.95 Å². The number of fused-ring (bicyclic) bond motifs is 1. The summed E-state index contributed by atoms with van der Waals surface area (Å²) in [6.45, 7) is 0. The lowest BCUT2D eigenvalue weighted by Gasteiger charge is -2.11. The van der Waals surface area contributed by atoms with Crippen LogP contribution in [0.2, 0.25) is 0 Å². The van der Waals surface area contributed by atoms with Crippen LogP contribution in [0.3, 0.4) is 0 Å². The van der Waals surface area contributed by atoms with Crippen molar-refractivity contribution in [2.75, 3.05) is 5.73 Å². The predicted molar refractivity (Wildman–Crippen MR) is 77.8 cm³/mol. The van der Waals surface area contributed by atoms with E-state index in [9.17, 15) is 23.3 Å². The van der Waals surface area contributed by atoms with Gasteiger partial charge in [-0.05, 0) is 0 Å². The maximum absolute atomic E-state index is 11.0. The van der Waals surface area contributed by atoms with E-state index < -0.39 is 34.7 Å². The van der Waals surface area contributed by atoms with Gasteiger partial charge < -0.3 is 30.2 Å². The first kappa shape index (κ1) is 21.4. The third-order valence-corrected chi connectivity index (χ3v) is 5.18. The number of aromatic amines is 3. The molecule has 0 aromatic carbocycles. The quantitative estimate of drug-likeness (QED) is 0.236. The van der Waals surface area contributed by atoms with Gasteiger partial charge in [0, 0.05) is 0 Å². The van der Waals surface area contributed by atoms with E-state index >= 15 is 0 Å². The predicted octanol–water partition coefficient (Wildman–Crippen LogP) is -2.17. The summed E-state index contributed by atoms with van der Waals surface area (Å²) in [7, 11) is -16.2. The summed E-state index contributed by atoms with van der Waals surface area (Å²) in [5, 5.41) is 0. The van der Waals surface area contributed by atoms with E-state index in [-0.39, 0.29) is 17.1 Å². The second-order valence-corrected chi connectivity index (χ2v) is 8.07. The molecular formula is C5H10N5O12P3. The smallest absolute Gasteiger partial charge is 0.369 e. The number of nitrogen functional groups attached to an aromatic ring is 1. The summed E-state index contributed by atoms with van der Waals surface area (Å²) in [6.07, 6.45) is 0. The van der Waals surface area contributed by atoms with Crippen LogP contribution in [0.1, 0.15) is 0 Å². The number of anilines is 1. The van der Waals surface area contributed by atoms with Crippen LogP contribution in [0.25, 0.3) is 11.2 Å². The van der Waals surface area contributed by atoms with E-state index in [1.54, 1.807) is 0 Å². The first-order valence-corrected chi connectivity index (χ1v) is 9.98. The lowest BCUT2D eigenvalue weighted by Crippen LogP contribution is -2.11. The molecule has 0 saturated heterocycles. The third-order valence-electron chi connectivity index (χ3n) is 1.83. The van der Waals surface area contributed by atoms with E-state index in [1.165, 1.54) is 0 Å². The lowest BCUT2D eigenvalue weighted by molar-refractivity contribution is 0.204. The SMILES string of the molecule is Nc1nc2[nH]c(=O)[nH]c2c(=O)[nH]1.O=P(O)(O)OP(=O)(O)OP(=O)(O)O. The maximum Gasteiger partial charge on any atom is 0.490 e. The zero-order valence-electron chi connectivity index (χ0n) is 11.5. The number of hydrogen-bond acceptors (Lipinski definition) is 9. The largest absolute Gasteiger partial charge is 0.490 e. The summed E-state index contributed by atoms with van der Waals surface area (Å²) in [4.78, 5) is 72.5. The number of nitrogens with one attached hydrogen (secondary N) is 3. The number of phosphoric acid groups is 3. The molecule has 25 heavy (non-hydrogen) atoms. The molecule has 17 nitrogen and oxygen atoms in total. The summed E-state index contributed by atoms with van der Waals surface area (Å²) in [5.74, 6) is -0.0252. The fraction of sp³-hybridized carbons (Fsp3) is 0. The summed E-state index contributed by atoms with van der Waals surface area (Å²) >= 11 is 0. The Morgan fingerprint density at radius 3 is 1.80 bits per heavy atom. The minimum absolute atomic E-state index is 0.0252. The zero-order valence-corrected chi connectivity index (χ0v) is 14.1. The van der Waals surface area contributed by atoms with Crippen molar-refractivity contribution < 1.29 is 46.8 Å². The molecule has 0 radical (unpaired) electrons. The fourth-order valence-electron chi connectivity index (χ4n) is 1.23. The molecule has 0 atom stereocenters. The van der Waals surface area contributed by atoms with E-state index in [0.717, 1.165) is 0 Å². The molecule has 142 valence electrons. The van der Waals surface area contributed by atoms with E-state index in [0.29, 0.717) is 0 Å². The Morgan fingerprint density at radius 2 is 1.36 bits per heavy atom. The fourth-order valence-corrected chi connectivity index (χ4v) is 3.77. The Kier molecular flexibility index (Phi) is 6.26. The van der Waals surface area contributed by atoms with Gasteiger partial charge in [0.2, 0.25) is 5.95 Å². The summed E-state index contributed by atoms with van der Waals surface area (Å²) in [6, 6.07) is 0. The average Bonchev–Trinajstić information content (AvgIpc) is 2.63. The van der Waals surface area contributed by atoms with Gasteiger partial charge in [-0.1, -0.05) is 0 Å². The first-order chi connectivity index (χ1) is 11.1. The molecule has 20 heteroatoms. The van der Waals surface area contributed by atoms with Crippen LogP contribution in [0.15, 0.2) is 9.59 Å². The van der Waals surface area contributed by atoms with Crippen LogP contribution in [0.5, 0.6) is 0 Å². The van der Waals surface area contributed by atoms with Gasteiger partial charge >= 0.3 is 29.2 Å². The Balaban J connectivity index is 0.000000250. The molecule has 0 aliphatic rings. The lowest BCUT2D eigenvalue weighted by atomic mass is 10.5. The van der Waals surface area contributed by atoms with E-state index in [2.05, 4.69) is 28.6 Å². The number of nitrogens with zero attached hydrogens (tertiary/aromatic N) is 1. The highest BCUT2D eigenvalue weighted by Crippen LogP contribution is 2.64. The van der Waals surface area contributed by atoms with Crippen molar-refractivity contribution in [2.24, 2.45) is 0 Å². The Hall–Kier alpha value is -1.64. The van der Waals surface area contributed by atoms with Gasteiger partial charge in [-0.25, -0.2) is 18.5 Å². The molecule has 0 amide bonds. The van der Waals surface area contributed by atoms with E-state index in [1.807, 2.05) is 0 Å². The second-order valence-electron chi connectivity index (χ2n) is 3.87. The Bertz CT molecular complexity index is 980. The summed E-state index contributed by atoms with van der Waals surface area (Å²) < 4.78 is 36.4. The van der Waals surface area contributed by atoms with Crippen molar-refractivity contribution in [1.29, 1.82) is 0 Å². The molecule has 0 aliphatic heterocycles. The van der Waals surface area contributed by atoms with Gasteiger partial charge in [-0.3, -0.25) is 19.7 Å². The average molecular weight is 425 g/mol. The van der Waals surface area contributed by atoms with Crippen LogP contribution < -0.4 is 17.0 Å². The number of H-pyrrole nitrogens is 3. The first-order valence-electron chi connectivity index (χ1n) is 5.42. The van der Waals surface area contributed by atoms with Crippen molar-refractivity contribution in [3.05, 3.63) is 20.8 Å². The van der Waals surface area contributed by atoms with Gasteiger partial charge in [0.15, 0.2) is 11.2 Å². The van der Waals surface area contributed by atoms with Crippen LogP contribution in [-0.4, -0.2) is 44.4 Å². The topological polar surface area (TPSA) is 291 Å².